The molecular weight excluding hydrogens is 494 g/mol. The number of hydrogen-bond acceptors (Lipinski definition) is 6. The molecule has 3 aliphatic heterocycles. The predicted octanol–water partition coefficient (Wildman–Crippen LogP) is 1.97. The van der Waals surface area contributed by atoms with Crippen molar-refractivity contribution < 1.29 is 19.1 Å². The molecule has 1 aromatic carbocycles. The van der Waals surface area contributed by atoms with Crippen molar-refractivity contribution in [3.63, 3.8) is 0 Å². The molecule has 3 unspecified atom stereocenters. The first-order valence-electron chi connectivity index (χ1n) is 15.0. The summed E-state index contributed by atoms with van der Waals surface area (Å²) < 4.78 is 5.81. The molecule has 9 nitrogen and oxygen atoms in total. The monoisotopic (exact) mass is 537 g/mol. The number of carbonyl (C=O) groups is 3. The van der Waals surface area contributed by atoms with Gasteiger partial charge in [0, 0.05) is 37.2 Å². The quantitative estimate of drug-likeness (QED) is 0.492. The Hall–Kier alpha value is -2.65. The van der Waals surface area contributed by atoms with Gasteiger partial charge in [-0.25, -0.2) is 0 Å². The van der Waals surface area contributed by atoms with E-state index in [1.54, 1.807) is 7.05 Å². The Bertz CT molecular complexity index is 1090. The first-order chi connectivity index (χ1) is 18.9. The molecule has 3 N–H and O–H groups in total. The van der Waals surface area contributed by atoms with E-state index in [1.807, 2.05) is 36.1 Å². The summed E-state index contributed by atoms with van der Waals surface area (Å²) >= 11 is 0. The minimum Gasteiger partial charge on any atom is -0.493 e. The maximum Gasteiger partial charge on any atom is 0.246 e. The Kier molecular flexibility index (Phi) is 7.55. The Morgan fingerprint density at radius 1 is 1.03 bits per heavy atom. The Morgan fingerprint density at radius 2 is 1.82 bits per heavy atom. The van der Waals surface area contributed by atoms with Crippen LogP contribution in [0.1, 0.15) is 69.9 Å². The highest BCUT2D eigenvalue weighted by Gasteiger charge is 2.56. The number of amides is 3. The minimum atomic E-state index is -0.602. The van der Waals surface area contributed by atoms with Gasteiger partial charge in [0.25, 0.3) is 0 Å². The fourth-order valence-corrected chi connectivity index (χ4v) is 7.43. The molecule has 9 heteroatoms. The topological polar surface area (TPSA) is 103 Å². The van der Waals surface area contributed by atoms with Gasteiger partial charge in [0.05, 0.1) is 18.7 Å². The van der Waals surface area contributed by atoms with Crippen molar-refractivity contribution in [2.24, 2.45) is 11.8 Å². The fraction of sp³-hybridized carbons (Fsp3) is 0.700. The van der Waals surface area contributed by atoms with E-state index < -0.39 is 18.1 Å². The number of rotatable bonds is 7. The van der Waals surface area contributed by atoms with Crippen molar-refractivity contribution >= 4 is 17.7 Å². The zero-order chi connectivity index (χ0) is 27.1. The molecule has 3 amide bonds. The van der Waals surface area contributed by atoms with Crippen LogP contribution in [0.2, 0.25) is 0 Å². The average molecular weight is 538 g/mol. The van der Waals surface area contributed by atoms with Crippen LogP contribution in [-0.4, -0.2) is 84.5 Å². The van der Waals surface area contributed by atoms with Crippen LogP contribution in [0.15, 0.2) is 24.3 Å². The third-order valence-electron chi connectivity index (χ3n) is 9.89. The maximum atomic E-state index is 14.4. The van der Waals surface area contributed by atoms with E-state index in [-0.39, 0.29) is 29.7 Å². The number of likely N-dealkylation sites (N-methyl/N-ethyl adjacent to an activating group) is 1. The number of nitrogens with zero attached hydrogens (tertiary/aromatic N) is 2. The van der Waals surface area contributed by atoms with Gasteiger partial charge < -0.3 is 25.6 Å². The molecule has 6 rings (SSSR count). The van der Waals surface area contributed by atoms with Crippen LogP contribution in [0.25, 0.3) is 0 Å². The molecule has 2 aliphatic carbocycles. The van der Waals surface area contributed by atoms with E-state index in [9.17, 15) is 14.4 Å². The van der Waals surface area contributed by atoms with Crippen LogP contribution in [-0.2, 0) is 14.4 Å². The number of piperazine rings is 1. The normalized spacial score (nSPS) is 31.6. The van der Waals surface area contributed by atoms with Gasteiger partial charge in [-0.3, -0.25) is 19.3 Å². The summed E-state index contributed by atoms with van der Waals surface area (Å²) in [5, 5.41) is 9.39. The first kappa shape index (κ1) is 26.6. The first-order valence-corrected chi connectivity index (χ1v) is 15.0. The second kappa shape index (κ2) is 11.1. The highest BCUT2D eigenvalue weighted by molar-refractivity contribution is 5.93. The highest BCUT2D eigenvalue weighted by atomic mass is 16.5. The number of carbonyl (C=O) groups excluding carboxylic acids is 3. The van der Waals surface area contributed by atoms with Gasteiger partial charge in [-0.2, -0.15) is 0 Å². The number of para-hydroxylation sites is 1. The Balaban J connectivity index is 1.25. The largest absolute Gasteiger partial charge is 0.493 e. The number of ether oxygens (including phenoxy) is 1. The molecule has 0 bridgehead atoms. The van der Waals surface area contributed by atoms with Gasteiger partial charge in [0.2, 0.25) is 17.7 Å². The number of nitrogens with one attached hydrogen (secondary N) is 3. The van der Waals surface area contributed by atoms with Crippen molar-refractivity contribution in [3.05, 3.63) is 29.8 Å². The molecule has 3 heterocycles. The van der Waals surface area contributed by atoms with Crippen LogP contribution in [0.3, 0.4) is 0 Å². The molecule has 7 atom stereocenters. The second-order valence-corrected chi connectivity index (χ2v) is 12.3. The lowest BCUT2D eigenvalue weighted by molar-refractivity contribution is -0.150. The number of piperidine rings is 1. The molecule has 4 fully saturated rings. The lowest BCUT2D eigenvalue weighted by Crippen LogP contribution is -2.67. The maximum absolute atomic E-state index is 14.4. The van der Waals surface area contributed by atoms with E-state index >= 15 is 0 Å². The number of benzene rings is 1. The van der Waals surface area contributed by atoms with Crippen LogP contribution in [0.5, 0.6) is 5.75 Å². The molecule has 39 heavy (non-hydrogen) atoms. The standard InChI is InChI=1S/C30H43N5O4/c1-18(31-2)28(36)33-27(19-8-4-3-5-9-19)30(38)35-16-21-14-20-15-24(20)34(21)17-25(35)29(37)32-23-12-13-39-26-11-7-6-10-22(23)26/h6-7,10-11,18-21,23-25,27,31H,3-5,8-9,12-17H2,1-2H3,(H,32,37)(H,33,36)/t18-,20?,21+,23?,24?,25-,27-/m0/s1. The van der Waals surface area contributed by atoms with E-state index in [1.165, 1.54) is 12.8 Å². The zero-order valence-corrected chi connectivity index (χ0v) is 23.2. The summed E-state index contributed by atoms with van der Waals surface area (Å²) in [5.74, 6) is 1.24. The van der Waals surface area contributed by atoms with Crippen molar-refractivity contribution in [2.75, 3.05) is 26.7 Å². The van der Waals surface area contributed by atoms with E-state index in [0.29, 0.717) is 44.1 Å². The molecule has 2 saturated carbocycles. The van der Waals surface area contributed by atoms with Crippen molar-refractivity contribution in [2.45, 2.75) is 94.5 Å². The lowest BCUT2D eigenvalue weighted by Gasteiger charge is -2.46. The van der Waals surface area contributed by atoms with E-state index in [2.05, 4.69) is 20.9 Å². The van der Waals surface area contributed by atoms with Gasteiger partial charge in [-0.15, -0.1) is 0 Å². The molecule has 0 radical (unpaired) electrons. The van der Waals surface area contributed by atoms with Gasteiger partial charge in [0.1, 0.15) is 17.8 Å². The van der Waals surface area contributed by atoms with Crippen LogP contribution in [0, 0.1) is 11.8 Å². The molecule has 0 aromatic heterocycles. The average Bonchev–Trinajstić information content (AvgIpc) is 3.65. The summed E-state index contributed by atoms with van der Waals surface area (Å²) in [4.78, 5) is 45.7. The summed E-state index contributed by atoms with van der Waals surface area (Å²) in [6.07, 6.45) is 8.14. The molecule has 212 valence electrons. The fourth-order valence-electron chi connectivity index (χ4n) is 7.43. The summed E-state index contributed by atoms with van der Waals surface area (Å²) in [7, 11) is 1.75. The van der Waals surface area contributed by atoms with Crippen LogP contribution >= 0.6 is 0 Å². The molecule has 1 aromatic rings. The Labute approximate surface area is 231 Å². The van der Waals surface area contributed by atoms with Gasteiger partial charge in [-0.05, 0) is 57.6 Å². The number of hydrogen-bond donors (Lipinski definition) is 3. The third kappa shape index (κ3) is 5.27. The summed E-state index contributed by atoms with van der Waals surface area (Å²) in [6.45, 7) is 3.47. The SMILES string of the molecule is CN[C@@H](C)C(=O)N[C@H](C(=O)N1C[C@H]2CC3CC3N2C[C@H]1C(=O)NC1CCOc2ccccc21)C1CCCCC1. The molecule has 0 spiro atoms. The smallest absolute Gasteiger partial charge is 0.246 e. The zero-order valence-electron chi connectivity index (χ0n) is 23.2. The third-order valence-corrected chi connectivity index (χ3v) is 9.89. The lowest BCUT2D eigenvalue weighted by atomic mass is 9.82. The van der Waals surface area contributed by atoms with Crippen molar-refractivity contribution in [1.29, 1.82) is 0 Å². The van der Waals surface area contributed by atoms with Gasteiger partial charge >= 0.3 is 0 Å². The second-order valence-electron chi connectivity index (χ2n) is 12.3. The van der Waals surface area contributed by atoms with E-state index in [0.717, 1.165) is 43.4 Å². The summed E-state index contributed by atoms with van der Waals surface area (Å²) in [5.41, 5.74) is 0.987. The van der Waals surface area contributed by atoms with Crippen molar-refractivity contribution in [1.82, 2.24) is 25.8 Å². The minimum absolute atomic E-state index is 0.0914. The van der Waals surface area contributed by atoms with Gasteiger partial charge in [0.15, 0.2) is 0 Å². The number of fused-ring (bicyclic) bond motifs is 4. The molecular formula is C30H43N5O4. The molecule has 5 aliphatic rings. The van der Waals surface area contributed by atoms with Crippen LogP contribution in [0.4, 0.5) is 0 Å². The predicted molar refractivity (Wildman–Crippen MR) is 147 cm³/mol. The van der Waals surface area contributed by atoms with Crippen LogP contribution < -0.4 is 20.7 Å². The van der Waals surface area contributed by atoms with Gasteiger partial charge in [-0.1, -0.05) is 37.5 Å². The molecule has 2 saturated heterocycles. The summed E-state index contributed by atoms with van der Waals surface area (Å²) in [6, 6.07) is 6.99. The Morgan fingerprint density at radius 3 is 2.62 bits per heavy atom. The van der Waals surface area contributed by atoms with E-state index in [4.69, 9.17) is 4.74 Å². The van der Waals surface area contributed by atoms with Crippen molar-refractivity contribution in [3.8, 4) is 5.75 Å². The highest BCUT2D eigenvalue weighted by Crippen LogP contribution is 2.49.